The van der Waals surface area contributed by atoms with Gasteiger partial charge in [-0.15, -0.1) is 22.7 Å². The summed E-state index contributed by atoms with van der Waals surface area (Å²) in [6, 6.07) is 15.1. The smallest absolute Gasteiger partial charge is 0.194 e. The molecule has 0 saturated heterocycles. The number of Topliss-reactive ketones (excluding diaryl/α,β-unsaturated/α-hetero) is 2. The van der Waals surface area contributed by atoms with Gasteiger partial charge in [-0.1, -0.05) is 62.8 Å². The molecule has 2 atom stereocenters. The van der Waals surface area contributed by atoms with Gasteiger partial charge in [-0.2, -0.15) is 21.0 Å². The molecular weight excluding hydrogens is 901 g/mol. The first kappa shape index (κ1) is 42.2. The van der Waals surface area contributed by atoms with Crippen molar-refractivity contribution in [3.05, 3.63) is 170 Å². The molecule has 8 aliphatic carbocycles. The summed E-state index contributed by atoms with van der Waals surface area (Å²) in [7, 11) is 0. The monoisotopic (exact) mass is 934 g/mol. The van der Waals surface area contributed by atoms with Crippen LogP contribution in [0.15, 0.2) is 94.1 Å². The van der Waals surface area contributed by atoms with E-state index in [4.69, 9.17) is 0 Å². The first-order valence-corrected chi connectivity index (χ1v) is 24.4. The Hall–Kier alpha value is -7.22. The van der Waals surface area contributed by atoms with E-state index in [1.165, 1.54) is 33.4 Å². The van der Waals surface area contributed by atoms with Gasteiger partial charge in [0.25, 0.3) is 0 Å². The van der Waals surface area contributed by atoms with Crippen molar-refractivity contribution in [3.8, 4) is 24.3 Å². The van der Waals surface area contributed by atoms with Crippen molar-refractivity contribution in [1.29, 1.82) is 21.0 Å². The van der Waals surface area contributed by atoms with E-state index < -0.39 is 34.8 Å². The molecule has 0 amide bonds. The number of nitriles is 4. The van der Waals surface area contributed by atoms with E-state index in [2.05, 4.69) is 36.4 Å². The maximum absolute atomic E-state index is 14.6. The Labute approximate surface area is 396 Å². The molecule has 2 fully saturated rings. The maximum atomic E-state index is 14.6. The van der Waals surface area contributed by atoms with Crippen LogP contribution in [0.3, 0.4) is 0 Å². The summed E-state index contributed by atoms with van der Waals surface area (Å²) in [6.45, 7) is 0. The number of ketones is 2. The molecule has 2 saturated carbocycles. The minimum atomic E-state index is -1.18. The highest BCUT2D eigenvalue weighted by Gasteiger charge is 2.52. The topological polar surface area (TPSA) is 129 Å². The molecule has 2 unspecified atom stereocenters. The van der Waals surface area contributed by atoms with E-state index in [1.807, 2.05) is 24.3 Å². The Bertz CT molecular complexity index is 3300. The Morgan fingerprint density at radius 1 is 0.515 bits per heavy atom. The third kappa shape index (κ3) is 5.75. The Morgan fingerprint density at radius 2 is 0.868 bits per heavy atom. The predicted octanol–water partition coefficient (Wildman–Crippen LogP) is 13.5. The SMILES string of the molecule is N#CC(C#N)=C1/C(=C/c2cc3c(s2)C2=CC4C=C5C(=CC4C=C2C32CCCCC2)c2sc(/C=C3\C(=O)c4cc(F)c(F)cc4C3=C(C#N)C#N)cc2C52CCCCC2)C(=O)c2cc(F)c(F)cc21. The number of carbonyl (C=O) groups is 2. The minimum absolute atomic E-state index is 0.0109. The van der Waals surface area contributed by atoms with Gasteiger partial charge in [0.2, 0.25) is 0 Å². The van der Waals surface area contributed by atoms with Crippen molar-refractivity contribution in [2.45, 2.75) is 75.0 Å². The molecule has 12 rings (SSSR count). The minimum Gasteiger partial charge on any atom is -0.289 e. The van der Waals surface area contributed by atoms with Gasteiger partial charge < -0.3 is 0 Å². The Balaban J connectivity index is 0.959. The van der Waals surface area contributed by atoms with Gasteiger partial charge in [-0.05, 0) is 119 Å². The van der Waals surface area contributed by atoms with Gasteiger partial charge in [0.05, 0.1) is 0 Å². The number of hydrogen-bond donors (Lipinski definition) is 0. The van der Waals surface area contributed by atoms with Crippen LogP contribution >= 0.6 is 22.7 Å². The fourth-order valence-corrected chi connectivity index (χ4v) is 15.2. The molecule has 0 radical (unpaired) electrons. The molecule has 6 nitrogen and oxygen atoms in total. The largest absolute Gasteiger partial charge is 0.289 e. The summed E-state index contributed by atoms with van der Waals surface area (Å²) in [5, 5.41) is 39.7. The van der Waals surface area contributed by atoms with Crippen LogP contribution in [-0.2, 0) is 10.8 Å². The average molecular weight is 935 g/mol. The zero-order valence-corrected chi connectivity index (χ0v) is 37.7. The van der Waals surface area contributed by atoms with Gasteiger partial charge in [0.1, 0.15) is 35.4 Å². The van der Waals surface area contributed by atoms with Crippen molar-refractivity contribution in [1.82, 2.24) is 0 Å². The zero-order valence-electron chi connectivity index (χ0n) is 36.1. The van der Waals surface area contributed by atoms with Gasteiger partial charge in [-0.3, -0.25) is 9.59 Å². The van der Waals surface area contributed by atoms with E-state index in [0.29, 0.717) is 0 Å². The van der Waals surface area contributed by atoms with Crippen LogP contribution in [0.25, 0.3) is 34.4 Å². The highest BCUT2D eigenvalue weighted by Crippen LogP contribution is 2.65. The van der Waals surface area contributed by atoms with Crippen LogP contribution in [-0.4, -0.2) is 11.6 Å². The van der Waals surface area contributed by atoms with Crippen LogP contribution in [0, 0.1) is 80.4 Å². The first-order chi connectivity index (χ1) is 32.9. The summed E-state index contributed by atoms with van der Waals surface area (Å²) < 4.78 is 58.1. The van der Waals surface area contributed by atoms with Gasteiger partial charge in [0.15, 0.2) is 34.8 Å². The van der Waals surface area contributed by atoms with Crippen molar-refractivity contribution < 1.29 is 27.2 Å². The second-order valence-electron chi connectivity index (χ2n) is 18.9. The molecule has 68 heavy (non-hydrogen) atoms. The molecule has 4 aromatic rings. The first-order valence-electron chi connectivity index (χ1n) is 22.7. The van der Waals surface area contributed by atoms with Crippen LogP contribution in [0.2, 0.25) is 0 Å². The van der Waals surface area contributed by atoms with Crippen molar-refractivity contribution in [2.24, 2.45) is 11.8 Å². The third-order valence-corrected chi connectivity index (χ3v) is 17.9. The number of thiophene rings is 2. The van der Waals surface area contributed by atoms with Crippen LogP contribution in [0.5, 0.6) is 0 Å². The molecule has 0 aliphatic heterocycles. The summed E-state index contributed by atoms with van der Waals surface area (Å²) in [4.78, 5) is 31.5. The quantitative estimate of drug-likeness (QED) is 0.112. The Morgan fingerprint density at radius 3 is 1.22 bits per heavy atom. The second-order valence-corrected chi connectivity index (χ2v) is 21.1. The average Bonchev–Trinajstić information content (AvgIpc) is 4.17. The number of fused-ring (bicyclic) bond motifs is 13. The number of nitrogens with zero attached hydrogens (tertiary/aromatic N) is 4. The fourth-order valence-electron chi connectivity index (χ4n) is 12.7. The van der Waals surface area contributed by atoms with Crippen LogP contribution in [0.1, 0.15) is 127 Å². The number of allylic oxidation sites excluding steroid dienone is 14. The van der Waals surface area contributed by atoms with Gasteiger partial charge >= 0.3 is 0 Å². The van der Waals surface area contributed by atoms with E-state index in [9.17, 15) is 48.2 Å². The van der Waals surface area contributed by atoms with E-state index in [0.717, 1.165) is 108 Å². The standard InChI is InChI=1S/C56H34F4N4O2S2/c57-45-19-33-35(21-47(45)59)51(65)39(49(33)29(23-61)24-62)15-31-17-43-53(67-31)37-11-28-14-42-38(12-27(28)13-41(37)55(43)7-3-1-4-8-55)54-44(56(42)9-5-2-6-10-56)18-32(68-54)16-40-50(30(25-63)26-64)34-20-46(58)48(60)22-36(34)52(40)66/h11-22,27-28H,1-10H2/b39-15-,40-16-. The molecule has 0 bridgehead atoms. The lowest BCUT2D eigenvalue weighted by Gasteiger charge is -2.40. The molecular formula is C56H34F4N4O2S2. The highest BCUT2D eigenvalue weighted by molar-refractivity contribution is 7.14. The lowest BCUT2D eigenvalue weighted by molar-refractivity contribution is 0.103. The molecule has 12 heteroatoms. The van der Waals surface area contributed by atoms with Crippen LogP contribution < -0.4 is 0 Å². The normalized spacial score (nSPS) is 23.0. The molecule has 2 aromatic carbocycles. The second kappa shape index (κ2) is 15.1. The number of rotatable bonds is 2. The fraction of sp³-hybridized carbons (Fsp3) is 0.250. The molecule has 2 aromatic heterocycles. The number of benzene rings is 2. The summed E-state index contributed by atoms with van der Waals surface area (Å²) in [5.74, 6) is -5.75. The van der Waals surface area contributed by atoms with Crippen molar-refractivity contribution in [3.63, 3.8) is 0 Å². The number of carbonyl (C=O) groups excluding carboxylic acids is 2. The zero-order chi connectivity index (χ0) is 47.0. The van der Waals surface area contributed by atoms with E-state index in [1.54, 1.807) is 34.8 Å². The number of halogens is 4. The molecule has 2 heterocycles. The van der Waals surface area contributed by atoms with Gasteiger partial charge in [0, 0.05) is 75.6 Å². The highest BCUT2D eigenvalue weighted by atomic mass is 32.1. The molecule has 2 spiro atoms. The lowest BCUT2D eigenvalue weighted by Crippen LogP contribution is -2.31. The number of hydrogen-bond acceptors (Lipinski definition) is 8. The van der Waals surface area contributed by atoms with Crippen LogP contribution in [0.4, 0.5) is 17.6 Å². The molecule has 330 valence electrons. The molecule has 8 aliphatic rings. The summed E-state index contributed by atoms with van der Waals surface area (Å²) in [6.07, 6.45) is 23.3. The third-order valence-electron chi connectivity index (χ3n) is 15.6. The maximum Gasteiger partial charge on any atom is 0.194 e. The van der Waals surface area contributed by atoms with Crippen molar-refractivity contribution in [2.75, 3.05) is 0 Å². The lowest BCUT2D eigenvalue weighted by atomic mass is 9.63. The van der Waals surface area contributed by atoms with E-state index >= 15 is 0 Å². The summed E-state index contributed by atoms with van der Waals surface area (Å²) >= 11 is 3.10. The summed E-state index contributed by atoms with van der Waals surface area (Å²) in [5.41, 5.74) is 6.16. The van der Waals surface area contributed by atoms with E-state index in [-0.39, 0.29) is 78.4 Å². The Kier molecular flexibility index (Phi) is 9.39. The van der Waals surface area contributed by atoms with Gasteiger partial charge in [-0.25, -0.2) is 17.6 Å². The predicted molar refractivity (Wildman–Crippen MR) is 251 cm³/mol. The van der Waals surface area contributed by atoms with Crippen molar-refractivity contribution >= 4 is 68.7 Å². The molecule has 0 N–H and O–H groups in total.